The highest BCUT2D eigenvalue weighted by Gasteiger charge is 2.70. The molecular weight excluding hydrogens is 304 g/mol. The molecule has 2 aliphatic carbocycles. The van der Waals surface area contributed by atoms with Crippen molar-refractivity contribution in [2.24, 2.45) is 11.8 Å². The zero-order valence-electron chi connectivity index (χ0n) is 14.0. The van der Waals surface area contributed by atoms with Crippen molar-refractivity contribution in [1.29, 1.82) is 0 Å². The molecule has 0 unspecified atom stereocenters. The second-order valence-electron chi connectivity index (χ2n) is 7.22. The minimum absolute atomic E-state index is 0.0956. The summed E-state index contributed by atoms with van der Waals surface area (Å²) in [6.45, 7) is 6.80. The summed E-state index contributed by atoms with van der Waals surface area (Å²) in [5, 5.41) is 14.1. The van der Waals surface area contributed by atoms with Crippen molar-refractivity contribution in [2.75, 3.05) is 6.61 Å². The summed E-state index contributed by atoms with van der Waals surface area (Å²) < 4.78 is 10.3. The van der Waals surface area contributed by atoms with Crippen LogP contribution in [0.2, 0.25) is 0 Å². The van der Waals surface area contributed by atoms with E-state index in [1.165, 1.54) is 0 Å². The number of nitrogens with one attached hydrogen (secondary N) is 1. The number of hydrogen-bond donors (Lipinski definition) is 1. The fraction of sp³-hybridized carbons (Fsp3) is 0.867. The van der Waals surface area contributed by atoms with Crippen molar-refractivity contribution in [3.63, 3.8) is 0 Å². The van der Waals surface area contributed by atoms with E-state index in [-0.39, 0.29) is 18.4 Å². The highest BCUT2D eigenvalue weighted by molar-refractivity contribution is 5.88. The Morgan fingerprint density at radius 3 is 2.52 bits per heavy atom. The van der Waals surface area contributed by atoms with Crippen LogP contribution in [0.3, 0.4) is 0 Å². The van der Waals surface area contributed by atoms with Crippen LogP contribution in [0.25, 0.3) is 0 Å². The van der Waals surface area contributed by atoms with Gasteiger partial charge in [-0.15, -0.1) is 0 Å². The first kappa shape index (κ1) is 17.5. The number of alkyl carbamates (subject to hydrolysis) is 1. The predicted octanol–water partition coefficient (Wildman–Crippen LogP) is 1.89. The third-order valence-electron chi connectivity index (χ3n) is 4.58. The van der Waals surface area contributed by atoms with Crippen LogP contribution in [-0.4, -0.2) is 40.8 Å². The molecule has 0 radical (unpaired) electrons. The SMILES string of the molecule is CCOC(=O)[C@]1(NC(=O)OC(C)(C)C)[C@H]2CC[C@H](C2)[C@H]1[N+](=O)[O-]. The van der Waals surface area contributed by atoms with Crippen molar-refractivity contribution in [3.05, 3.63) is 10.1 Å². The first-order valence-corrected chi connectivity index (χ1v) is 7.93. The Morgan fingerprint density at radius 2 is 2.00 bits per heavy atom. The zero-order valence-corrected chi connectivity index (χ0v) is 14.0. The van der Waals surface area contributed by atoms with Gasteiger partial charge in [-0.25, -0.2) is 9.59 Å². The van der Waals surface area contributed by atoms with E-state index < -0.39 is 34.2 Å². The Hall–Kier alpha value is -1.86. The molecule has 0 heterocycles. The van der Waals surface area contributed by atoms with Crippen LogP contribution < -0.4 is 5.32 Å². The van der Waals surface area contributed by atoms with Gasteiger partial charge in [0.2, 0.25) is 11.6 Å². The molecule has 0 aliphatic heterocycles. The van der Waals surface area contributed by atoms with Crippen LogP contribution >= 0.6 is 0 Å². The van der Waals surface area contributed by atoms with E-state index in [2.05, 4.69) is 5.32 Å². The lowest BCUT2D eigenvalue weighted by Gasteiger charge is -2.37. The summed E-state index contributed by atoms with van der Waals surface area (Å²) in [6, 6.07) is -1.17. The van der Waals surface area contributed by atoms with Gasteiger partial charge in [0.05, 0.1) is 6.61 Å². The van der Waals surface area contributed by atoms with Crippen LogP contribution in [0.5, 0.6) is 0 Å². The average molecular weight is 328 g/mol. The minimum Gasteiger partial charge on any atom is -0.464 e. The lowest BCUT2D eigenvalue weighted by atomic mass is 9.77. The van der Waals surface area contributed by atoms with Crippen LogP contribution in [0.15, 0.2) is 0 Å². The summed E-state index contributed by atoms with van der Waals surface area (Å²) in [7, 11) is 0. The van der Waals surface area contributed by atoms with E-state index in [4.69, 9.17) is 9.47 Å². The molecule has 4 atom stereocenters. The van der Waals surface area contributed by atoms with Crippen molar-refractivity contribution >= 4 is 12.1 Å². The fourth-order valence-corrected chi connectivity index (χ4v) is 3.91. The Balaban J connectivity index is 2.35. The molecule has 1 amide bonds. The Morgan fingerprint density at radius 1 is 1.35 bits per heavy atom. The Labute approximate surface area is 135 Å². The molecule has 1 N–H and O–H groups in total. The number of nitro groups is 1. The fourth-order valence-electron chi connectivity index (χ4n) is 3.91. The Kier molecular flexibility index (Phi) is 4.54. The van der Waals surface area contributed by atoms with Gasteiger partial charge in [-0.1, -0.05) is 0 Å². The van der Waals surface area contributed by atoms with Crippen molar-refractivity contribution < 1.29 is 24.0 Å². The number of ether oxygens (including phenoxy) is 2. The maximum Gasteiger partial charge on any atom is 0.408 e. The Bertz CT molecular complexity index is 515. The van der Waals surface area contributed by atoms with Crippen LogP contribution in [0, 0.1) is 22.0 Å². The van der Waals surface area contributed by atoms with Gasteiger partial charge < -0.3 is 9.47 Å². The topological polar surface area (TPSA) is 108 Å². The van der Waals surface area contributed by atoms with E-state index >= 15 is 0 Å². The van der Waals surface area contributed by atoms with Crippen LogP contribution in [0.1, 0.15) is 47.0 Å². The molecule has 2 rings (SSSR count). The molecule has 2 saturated carbocycles. The molecule has 2 bridgehead atoms. The third-order valence-corrected chi connectivity index (χ3v) is 4.58. The molecule has 0 saturated heterocycles. The number of carbonyl (C=O) groups is 2. The molecular formula is C15H24N2O6. The first-order valence-electron chi connectivity index (χ1n) is 7.93. The van der Waals surface area contributed by atoms with Gasteiger partial charge in [0.1, 0.15) is 5.60 Å². The van der Waals surface area contributed by atoms with Gasteiger partial charge >= 0.3 is 12.1 Å². The standard InChI is InChI=1S/C15H24N2O6/c1-5-22-12(18)15(16-13(19)23-14(2,3)4)10-7-6-9(8-10)11(15)17(20)21/h9-11H,5-8H2,1-4H3,(H,16,19)/t9-,10+,11-,15+/m1/s1. The molecule has 8 nitrogen and oxygen atoms in total. The lowest BCUT2D eigenvalue weighted by molar-refractivity contribution is -0.539. The molecule has 23 heavy (non-hydrogen) atoms. The average Bonchev–Trinajstić information content (AvgIpc) is 2.95. The molecule has 0 spiro atoms. The molecule has 0 aromatic carbocycles. The quantitative estimate of drug-likeness (QED) is 0.479. The number of nitrogens with zero attached hydrogens (tertiary/aromatic N) is 1. The van der Waals surface area contributed by atoms with Gasteiger partial charge in [0.25, 0.3) is 0 Å². The number of esters is 1. The summed E-state index contributed by atoms with van der Waals surface area (Å²) in [5.74, 6) is -1.26. The second kappa shape index (κ2) is 5.98. The van der Waals surface area contributed by atoms with Gasteiger partial charge in [-0.3, -0.25) is 15.4 Å². The number of hydrogen-bond acceptors (Lipinski definition) is 6. The van der Waals surface area contributed by atoms with Gasteiger partial charge in [0.15, 0.2) is 0 Å². The van der Waals surface area contributed by atoms with Gasteiger partial charge in [-0.2, -0.15) is 0 Å². The smallest absolute Gasteiger partial charge is 0.408 e. The van der Waals surface area contributed by atoms with Crippen molar-refractivity contribution in [2.45, 2.75) is 64.1 Å². The maximum absolute atomic E-state index is 12.6. The molecule has 130 valence electrons. The summed E-state index contributed by atoms with van der Waals surface area (Å²) in [6.07, 6.45) is 1.06. The first-order chi connectivity index (χ1) is 10.6. The van der Waals surface area contributed by atoms with E-state index in [1.54, 1.807) is 27.7 Å². The van der Waals surface area contributed by atoms with Gasteiger partial charge in [0, 0.05) is 16.8 Å². The monoisotopic (exact) mass is 328 g/mol. The van der Waals surface area contributed by atoms with Crippen LogP contribution in [0.4, 0.5) is 4.79 Å². The summed E-state index contributed by atoms with van der Waals surface area (Å²) in [5.41, 5.74) is -2.40. The normalized spacial score (nSPS) is 32.4. The predicted molar refractivity (Wildman–Crippen MR) is 80.3 cm³/mol. The third kappa shape index (κ3) is 3.11. The largest absolute Gasteiger partial charge is 0.464 e. The maximum atomic E-state index is 12.6. The summed E-state index contributed by atoms with van der Waals surface area (Å²) in [4.78, 5) is 35.9. The number of fused-ring (bicyclic) bond motifs is 2. The zero-order chi connectivity index (χ0) is 17.4. The van der Waals surface area contributed by atoms with E-state index in [1.807, 2.05) is 0 Å². The number of carbonyl (C=O) groups excluding carboxylic acids is 2. The molecule has 2 aliphatic rings. The molecule has 8 heteroatoms. The molecule has 2 fully saturated rings. The minimum atomic E-state index is -1.63. The van der Waals surface area contributed by atoms with E-state index in [9.17, 15) is 19.7 Å². The second-order valence-corrected chi connectivity index (χ2v) is 7.22. The highest BCUT2D eigenvalue weighted by atomic mass is 16.6. The van der Waals surface area contributed by atoms with Crippen molar-refractivity contribution in [3.8, 4) is 0 Å². The highest BCUT2D eigenvalue weighted by Crippen LogP contribution is 2.52. The number of rotatable bonds is 4. The number of amides is 1. The van der Waals surface area contributed by atoms with E-state index in [0.717, 1.165) is 0 Å². The van der Waals surface area contributed by atoms with E-state index in [0.29, 0.717) is 19.3 Å². The van der Waals surface area contributed by atoms with Gasteiger partial charge in [-0.05, 0) is 47.0 Å². The summed E-state index contributed by atoms with van der Waals surface area (Å²) >= 11 is 0. The van der Waals surface area contributed by atoms with Crippen molar-refractivity contribution in [1.82, 2.24) is 5.32 Å². The lowest BCUT2D eigenvalue weighted by Crippen LogP contribution is -2.67. The molecule has 0 aromatic heterocycles. The van der Waals surface area contributed by atoms with Crippen LogP contribution in [-0.2, 0) is 14.3 Å². The molecule has 0 aromatic rings.